The molecule has 4 aromatic carbocycles. The minimum atomic E-state index is -0.518. The topological polar surface area (TPSA) is 209 Å². The van der Waals surface area contributed by atoms with Crippen LogP contribution in [-0.2, 0) is 25.7 Å². The minimum Gasteiger partial charge on any atom is -0.493 e. The summed E-state index contributed by atoms with van der Waals surface area (Å²) >= 11 is 0. The second kappa shape index (κ2) is 25.4. The fraction of sp³-hybridized carbons (Fsp3) is 0.520. The highest BCUT2D eigenvalue weighted by Gasteiger charge is 2.29. The lowest BCUT2D eigenvalue weighted by atomic mass is 9.90. The highest BCUT2D eigenvalue weighted by molar-refractivity contribution is 5.62. The number of hydrogen-bond acceptors (Lipinski definition) is 12. The average Bonchev–Trinajstić information content (AvgIpc) is 3.28. The van der Waals surface area contributed by atoms with Gasteiger partial charge in [-0.1, -0.05) is 91.9 Å². The van der Waals surface area contributed by atoms with E-state index >= 15 is 0 Å². The molecule has 0 saturated heterocycles. The number of benzene rings is 4. The van der Waals surface area contributed by atoms with Gasteiger partial charge in [0.1, 0.15) is 23.0 Å². The van der Waals surface area contributed by atoms with Crippen LogP contribution in [0.1, 0.15) is 162 Å². The summed E-state index contributed by atoms with van der Waals surface area (Å²) in [6, 6.07) is 11.2. The van der Waals surface area contributed by atoms with Crippen LogP contribution in [0.15, 0.2) is 48.5 Å². The normalized spacial score (nSPS) is 12.1. The molecule has 0 atom stereocenters. The quantitative estimate of drug-likeness (QED) is 0.0288. The summed E-state index contributed by atoms with van der Waals surface area (Å²) in [4.78, 5) is 48.7. The van der Waals surface area contributed by atoms with Gasteiger partial charge in [-0.2, -0.15) is 0 Å². The van der Waals surface area contributed by atoms with E-state index in [1.54, 1.807) is 0 Å². The standard InChI is InChI=1S/C50H64N4O12/c1-5-9-11-13-15-17-21-65-49-39-23-35-27-43(51(55)56)29-37(47(35)63-19-7-3)25-41-33-46(54(61)62)34-42(50(41)66-22-18-16-14-12-10-6-2)26-38-30-44(52(57)58)28-36(48(38)64-20-8-4)24-40(49)32-45(31-39)53(59)60/h27-34H,5-26H2,1-4H3. The summed E-state index contributed by atoms with van der Waals surface area (Å²) in [5.74, 6) is 1.29. The number of nitro benzene ring substituents is 4. The van der Waals surface area contributed by atoms with E-state index in [9.17, 15) is 40.5 Å². The van der Waals surface area contributed by atoms with Gasteiger partial charge in [0.05, 0.1) is 46.1 Å². The molecule has 0 heterocycles. The second-order valence-electron chi connectivity index (χ2n) is 17.0. The van der Waals surface area contributed by atoms with Crippen molar-refractivity contribution < 1.29 is 38.6 Å². The van der Waals surface area contributed by atoms with E-state index in [4.69, 9.17) is 18.9 Å². The molecule has 0 N–H and O–H groups in total. The summed E-state index contributed by atoms with van der Waals surface area (Å²) in [6.07, 6.45) is 12.6. The fourth-order valence-corrected chi connectivity index (χ4v) is 8.50. The Labute approximate surface area is 386 Å². The zero-order valence-corrected chi connectivity index (χ0v) is 38.9. The van der Waals surface area contributed by atoms with Gasteiger partial charge in [-0.15, -0.1) is 0 Å². The van der Waals surface area contributed by atoms with Crippen LogP contribution in [0.3, 0.4) is 0 Å². The Kier molecular flexibility index (Phi) is 19.5. The van der Waals surface area contributed by atoms with Crippen molar-refractivity contribution in [2.45, 2.75) is 143 Å². The number of fused-ring (bicyclic) bond motifs is 8. The monoisotopic (exact) mass is 912 g/mol. The van der Waals surface area contributed by atoms with Gasteiger partial charge in [0.2, 0.25) is 0 Å². The van der Waals surface area contributed by atoms with E-state index in [-0.39, 0.29) is 74.9 Å². The number of hydrogen-bond donors (Lipinski definition) is 0. The van der Waals surface area contributed by atoms with Crippen LogP contribution >= 0.6 is 0 Å². The third kappa shape index (κ3) is 13.8. The molecule has 0 spiro atoms. The summed E-state index contributed by atoms with van der Waals surface area (Å²) in [5.41, 5.74) is 1.88. The largest absolute Gasteiger partial charge is 0.493 e. The number of unbranched alkanes of at least 4 members (excludes halogenated alkanes) is 10. The molecule has 1 aliphatic carbocycles. The van der Waals surface area contributed by atoms with Gasteiger partial charge in [-0.3, -0.25) is 40.5 Å². The van der Waals surface area contributed by atoms with Crippen LogP contribution in [0.4, 0.5) is 22.7 Å². The Balaban J connectivity index is 1.84. The first-order valence-corrected chi connectivity index (χ1v) is 23.6. The van der Waals surface area contributed by atoms with Crippen molar-refractivity contribution in [2.24, 2.45) is 0 Å². The van der Waals surface area contributed by atoms with E-state index in [0.717, 1.165) is 64.2 Å². The number of nitro groups is 4. The summed E-state index contributed by atoms with van der Waals surface area (Å²) < 4.78 is 26.1. The first-order chi connectivity index (χ1) is 31.9. The highest BCUT2D eigenvalue weighted by Crippen LogP contribution is 2.43. The van der Waals surface area contributed by atoms with Crippen molar-refractivity contribution in [1.82, 2.24) is 0 Å². The summed E-state index contributed by atoms with van der Waals surface area (Å²) in [7, 11) is 0. The smallest absolute Gasteiger partial charge is 0.270 e. The Bertz CT molecular complexity index is 2070. The molecular weight excluding hydrogens is 849 g/mol. The molecule has 0 fully saturated rings. The molecule has 16 heteroatoms. The fourth-order valence-electron chi connectivity index (χ4n) is 8.50. The molecule has 1 aliphatic rings. The van der Waals surface area contributed by atoms with Gasteiger partial charge >= 0.3 is 0 Å². The van der Waals surface area contributed by atoms with E-state index in [1.807, 2.05) is 13.8 Å². The van der Waals surface area contributed by atoms with Gasteiger partial charge in [0.25, 0.3) is 22.7 Å². The van der Waals surface area contributed by atoms with Crippen LogP contribution in [0.2, 0.25) is 0 Å². The first-order valence-electron chi connectivity index (χ1n) is 23.6. The average molecular weight is 913 g/mol. The predicted molar refractivity (Wildman–Crippen MR) is 253 cm³/mol. The zero-order valence-electron chi connectivity index (χ0n) is 38.9. The number of rotatable bonds is 26. The maximum absolute atomic E-state index is 12.7. The van der Waals surface area contributed by atoms with Gasteiger partial charge in [-0.25, -0.2) is 0 Å². The zero-order chi connectivity index (χ0) is 47.6. The third-order valence-corrected chi connectivity index (χ3v) is 11.7. The molecule has 66 heavy (non-hydrogen) atoms. The predicted octanol–water partition coefficient (Wildman–Crippen LogP) is 13.1. The highest BCUT2D eigenvalue weighted by atomic mass is 16.6. The molecule has 0 amide bonds. The molecule has 5 rings (SSSR count). The van der Waals surface area contributed by atoms with Gasteiger partial charge in [0, 0.05) is 119 Å². The minimum absolute atomic E-state index is 0.0881. The van der Waals surface area contributed by atoms with Crippen molar-refractivity contribution in [2.75, 3.05) is 26.4 Å². The van der Waals surface area contributed by atoms with Gasteiger partial charge in [0.15, 0.2) is 0 Å². The van der Waals surface area contributed by atoms with E-state index in [1.165, 1.54) is 48.5 Å². The van der Waals surface area contributed by atoms with Crippen LogP contribution < -0.4 is 18.9 Å². The Hall–Kier alpha value is -6.32. The van der Waals surface area contributed by atoms with Crippen molar-refractivity contribution >= 4 is 22.7 Å². The number of nitrogens with zero attached hydrogens (tertiary/aromatic N) is 4. The third-order valence-electron chi connectivity index (χ3n) is 11.7. The lowest BCUT2D eigenvalue weighted by Gasteiger charge is -2.23. The molecule has 0 saturated carbocycles. The van der Waals surface area contributed by atoms with Crippen LogP contribution in [-0.4, -0.2) is 46.1 Å². The molecular formula is C50H64N4O12. The van der Waals surface area contributed by atoms with Crippen molar-refractivity contribution in [1.29, 1.82) is 0 Å². The molecule has 0 unspecified atom stereocenters. The molecule has 0 radical (unpaired) electrons. The van der Waals surface area contributed by atoms with Crippen LogP contribution in [0.25, 0.3) is 0 Å². The molecule has 0 aromatic heterocycles. The van der Waals surface area contributed by atoms with E-state index in [0.29, 0.717) is 93.2 Å². The van der Waals surface area contributed by atoms with E-state index in [2.05, 4.69) is 13.8 Å². The molecule has 4 aromatic rings. The SMILES string of the molecule is CCCCCCCCOc1c2cc([N+](=O)[O-])cc1Cc1cc([N+](=O)[O-])cc(c1OCCC)Cc1cc([N+](=O)[O-])cc(c1OCCCCCCCC)Cc1cc([N+](=O)[O-])cc(c1OCCC)C2. The van der Waals surface area contributed by atoms with Crippen molar-refractivity contribution in [3.63, 3.8) is 0 Å². The Morgan fingerprint density at radius 2 is 0.545 bits per heavy atom. The summed E-state index contributed by atoms with van der Waals surface area (Å²) in [6.45, 7) is 9.14. The maximum Gasteiger partial charge on any atom is 0.270 e. The van der Waals surface area contributed by atoms with Gasteiger partial charge < -0.3 is 18.9 Å². The number of non-ortho nitro benzene ring substituents is 4. The molecule has 16 nitrogen and oxygen atoms in total. The van der Waals surface area contributed by atoms with E-state index < -0.39 is 19.7 Å². The second-order valence-corrected chi connectivity index (χ2v) is 17.0. The van der Waals surface area contributed by atoms with Crippen LogP contribution in [0.5, 0.6) is 23.0 Å². The van der Waals surface area contributed by atoms with Crippen molar-refractivity contribution in [3.8, 4) is 23.0 Å². The van der Waals surface area contributed by atoms with Gasteiger partial charge in [-0.05, 0) is 25.7 Å². The van der Waals surface area contributed by atoms with Crippen LogP contribution in [0, 0.1) is 40.5 Å². The Morgan fingerprint density at radius 3 is 0.758 bits per heavy atom. The first kappa shape index (κ1) is 50.7. The summed E-state index contributed by atoms with van der Waals surface area (Å²) in [5, 5.41) is 50.8. The Morgan fingerprint density at radius 1 is 0.333 bits per heavy atom. The lowest BCUT2D eigenvalue weighted by molar-refractivity contribution is -0.385. The molecule has 8 bridgehead atoms. The maximum atomic E-state index is 12.7. The molecule has 0 aliphatic heterocycles. The van der Waals surface area contributed by atoms with Crippen molar-refractivity contribution in [3.05, 3.63) is 133 Å². The molecule has 356 valence electrons. The number of ether oxygens (including phenoxy) is 4. The lowest BCUT2D eigenvalue weighted by Crippen LogP contribution is -2.12.